The molecule has 0 aromatic heterocycles. The van der Waals surface area contributed by atoms with Gasteiger partial charge in [0.15, 0.2) is 0 Å². The maximum Gasteiger partial charge on any atom is 0.324 e. The highest BCUT2D eigenvalue weighted by molar-refractivity contribution is 9.10. The highest BCUT2D eigenvalue weighted by Gasteiger charge is 2.26. The van der Waals surface area contributed by atoms with Crippen molar-refractivity contribution >= 4 is 37.6 Å². The second kappa shape index (κ2) is 6.50. The Morgan fingerprint density at radius 1 is 1.09 bits per heavy atom. The van der Waals surface area contributed by atoms with Gasteiger partial charge in [0.2, 0.25) is 0 Å². The Balaban J connectivity index is 2.50. The molecule has 0 saturated carbocycles. The van der Waals surface area contributed by atoms with Gasteiger partial charge in [0.25, 0.3) is 10.0 Å². The maximum atomic E-state index is 12.7. The molecule has 0 aliphatic carbocycles. The van der Waals surface area contributed by atoms with Crippen LogP contribution in [0.3, 0.4) is 0 Å². The van der Waals surface area contributed by atoms with Gasteiger partial charge in [0.1, 0.15) is 6.54 Å². The minimum Gasteiger partial charge on any atom is -0.480 e. The van der Waals surface area contributed by atoms with Crippen LogP contribution in [-0.4, -0.2) is 26.0 Å². The number of aliphatic carboxylic acids is 1. The normalized spacial score (nSPS) is 11.2. The average Bonchev–Trinajstić information content (AvgIpc) is 2.46. The molecule has 0 aliphatic heterocycles. The van der Waals surface area contributed by atoms with Crippen LogP contribution in [0, 0.1) is 6.92 Å². The van der Waals surface area contributed by atoms with E-state index in [1.807, 2.05) is 6.92 Å². The molecule has 0 radical (unpaired) electrons. The van der Waals surface area contributed by atoms with E-state index in [9.17, 15) is 13.2 Å². The molecule has 0 atom stereocenters. The first kappa shape index (κ1) is 16.5. The molecule has 0 saturated heterocycles. The number of hydrogen-bond donors (Lipinski definition) is 1. The van der Waals surface area contributed by atoms with Crippen LogP contribution in [0.1, 0.15) is 5.56 Å². The molecular weight excluding hydrogens is 370 g/mol. The zero-order valence-electron chi connectivity index (χ0n) is 11.7. The predicted molar refractivity (Wildman–Crippen MR) is 87.5 cm³/mol. The number of benzene rings is 2. The number of rotatable bonds is 5. The minimum absolute atomic E-state index is 0.0394. The van der Waals surface area contributed by atoms with Gasteiger partial charge in [0.05, 0.1) is 10.6 Å². The summed E-state index contributed by atoms with van der Waals surface area (Å²) in [6.07, 6.45) is 0. The van der Waals surface area contributed by atoms with Crippen LogP contribution in [-0.2, 0) is 14.8 Å². The SMILES string of the molecule is Cc1ccc(N(CC(=O)O)S(=O)(=O)c2ccc(Br)cc2)cc1. The second-order valence-electron chi connectivity index (χ2n) is 4.69. The molecule has 0 bridgehead atoms. The monoisotopic (exact) mass is 383 g/mol. The third-order valence-corrected chi connectivity index (χ3v) is 5.32. The summed E-state index contributed by atoms with van der Waals surface area (Å²) in [5, 5.41) is 9.04. The molecule has 2 aromatic carbocycles. The minimum atomic E-state index is -3.95. The molecule has 0 unspecified atom stereocenters. The number of aryl methyl sites for hydroxylation is 1. The first-order valence-corrected chi connectivity index (χ1v) is 8.61. The van der Waals surface area contributed by atoms with E-state index in [1.165, 1.54) is 12.1 Å². The lowest BCUT2D eigenvalue weighted by Gasteiger charge is -2.23. The van der Waals surface area contributed by atoms with Gasteiger partial charge in [-0.15, -0.1) is 0 Å². The van der Waals surface area contributed by atoms with Crippen molar-refractivity contribution in [3.8, 4) is 0 Å². The van der Waals surface area contributed by atoms with Crippen molar-refractivity contribution in [1.82, 2.24) is 0 Å². The first-order valence-electron chi connectivity index (χ1n) is 6.37. The number of carboxylic acids is 1. The molecule has 2 rings (SSSR count). The van der Waals surface area contributed by atoms with Crippen LogP contribution in [0.25, 0.3) is 0 Å². The van der Waals surface area contributed by atoms with Crippen molar-refractivity contribution in [1.29, 1.82) is 0 Å². The Hall–Kier alpha value is -1.86. The summed E-state index contributed by atoms with van der Waals surface area (Å²) in [5.74, 6) is -1.22. The van der Waals surface area contributed by atoms with Gasteiger partial charge < -0.3 is 5.11 Å². The molecule has 0 amide bonds. The summed E-state index contributed by atoms with van der Waals surface area (Å²) < 4.78 is 27.1. The lowest BCUT2D eigenvalue weighted by Crippen LogP contribution is -2.35. The fraction of sp³-hybridized carbons (Fsp3) is 0.133. The molecule has 116 valence electrons. The molecule has 0 heterocycles. The molecule has 5 nitrogen and oxygen atoms in total. The smallest absolute Gasteiger partial charge is 0.324 e. The van der Waals surface area contributed by atoms with Gasteiger partial charge in [-0.3, -0.25) is 9.10 Å². The van der Waals surface area contributed by atoms with Crippen LogP contribution in [0.4, 0.5) is 5.69 Å². The zero-order valence-corrected chi connectivity index (χ0v) is 14.1. The quantitative estimate of drug-likeness (QED) is 0.860. The largest absolute Gasteiger partial charge is 0.480 e. The van der Waals surface area contributed by atoms with Gasteiger partial charge in [-0.2, -0.15) is 0 Å². The highest BCUT2D eigenvalue weighted by Crippen LogP contribution is 2.25. The van der Waals surface area contributed by atoms with Gasteiger partial charge in [0, 0.05) is 4.47 Å². The lowest BCUT2D eigenvalue weighted by atomic mass is 10.2. The van der Waals surface area contributed by atoms with E-state index < -0.39 is 22.5 Å². The van der Waals surface area contributed by atoms with E-state index in [1.54, 1.807) is 36.4 Å². The van der Waals surface area contributed by atoms with E-state index in [2.05, 4.69) is 15.9 Å². The Morgan fingerprint density at radius 3 is 2.14 bits per heavy atom. The Kier molecular flexibility index (Phi) is 4.87. The topological polar surface area (TPSA) is 74.7 Å². The van der Waals surface area contributed by atoms with Crippen molar-refractivity contribution < 1.29 is 18.3 Å². The fourth-order valence-corrected chi connectivity index (χ4v) is 3.56. The number of carboxylic acid groups (broad SMARTS) is 1. The van der Waals surface area contributed by atoms with Crippen molar-refractivity contribution in [2.45, 2.75) is 11.8 Å². The van der Waals surface area contributed by atoms with E-state index in [-0.39, 0.29) is 4.90 Å². The Labute approximate surface area is 137 Å². The summed E-state index contributed by atoms with van der Waals surface area (Å²) in [4.78, 5) is 11.1. The molecule has 0 spiro atoms. The van der Waals surface area contributed by atoms with Gasteiger partial charge in [-0.25, -0.2) is 8.42 Å². The van der Waals surface area contributed by atoms with E-state index in [0.717, 1.165) is 14.3 Å². The lowest BCUT2D eigenvalue weighted by molar-refractivity contribution is -0.135. The second-order valence-corrected chi connectivity index (χ2v) is 7.47. The van der Waals surface area contributed by atoms with E-state index in [0.29, 0.717) is 5.69 Å². The number of carbonyl (C=O) groups is 1. The van der Waals surface area contributed by atoms with Gasteiger partial charge >= 0.3 is 5.97 Å². The third-order valence-electron chi connectivity index (χ3n) is 3.00. The number of sulfonamides is 1. The Bertz CT molecular complexity index is 770. The van der Waals surface area contributed by atoms with Gasteiger partial charge in [-0.05, 0) is 43.3 Å². The van der Waals surface area contributed by atoms with Crippen LogP contribution in [0.2, 0.25) is 0 Å². The summed E-state index contributed by atoms with van der Waals surface area (Å²) in [6.45, 7) is 1.23. The number of anilines is 1. The number of nitrogens with zero attached hydrogens (tertiary/aromatic N) is 1. The van der Waals surface area contributed by atoms with Gasteiger partial charge in [-0.1, -0.05) is 33.6 Å². The summed E-state index contributed by atoms with van der Waals surface area (Å²) in [5.41, 5.74) is 1.27. The fourth-order valence-electron chi connectivity index (χ4n) is 1.88. The van der Waals surface area contributed by atoms with Crippen LogP contribution in [0.15, 0.2) is 57.9 Å². The average molecular weight is 384 g/mol. The third kappa shape index (κ3) is 3.66. The molecular formula is C15H14BrNO4S. The highest BCUT2D eigenvalue weighted by atomic mass is 79.9. The number of hydrogen-bond acceptors (Lipinski definition) is 3. The van der Waals surface area contributed by atoms with Crippen LogP contribution in [0.5, 0.6) is 0 Å². The van der Waals surface area contributed by atoms with Crippen molar-refractivity contribution in [3.63, 3.8) is 0 Å². The van der Waals surface area contributed by atoms with Crippen molar-refractivity contribution in [2.75, 3.05) is 10.8 Å². The molecule has 22 heavy (non-hydrogen) atoms. The molecule has 1 N–H and O–H groups in total. The molecule has 2 aromatic rings. The van der Waals surface area contributed by atoms with E-state index >= 15 is 0 Å². The van der Waals surface area contributed by atoms with Crippen molar-refractivity contribution in [3.05, 3.63) is 58.6 Å². The van der Waals surface area contributed by atoms with Crippen molar-refractivity contribution in [2.24, 2.45) is 0 Å². The molecule has 0 aliphatic rings. The predicted octanol–water partition coefficient (Wildman–Crippen LogP) is 3.04. The standard InChI is InChI=1S/C15H14BrNO4S/c1-11-2-6-13(7-3-11)17(10-15(18)19)22(20,21)14-8-4-12(16)5-9-14/h2-9H,10H2,1H3,(H,18,19). The first-order chi connectivity index (χ1) is 10.3. The molecule has 0 fully saturated rings. The zero-order chi connectivity index (χ0) is 16.3. The number of halogens is 1. The summed E-state index contributed by atoms with van der Waals surface area (Å²) in [7, 11) is -3.95. The molecule has 7 heteroatoms. The van der Waals surface area contributed by atoms with E-state index in [4.69, 9.17) is 5.11 Å². The summed E-state index contributed by atoms with van der Waals surface area (Å²) >= 11 is 3.24. The Morgan fingerprint density at radius 2 is 1.64 bits per heavy atom. The summed E-state index contributed by atoms with van der Waals surface area (Å²) in [6, 6.07) is 12.7. The maximum absolute atomic E-state index is 12.7. The van der Waals surface area contributed by atoms with Crippen LogP contribution >= 0.6 is 15.9 Å². The van der Waals surface area contributed by atoms with Crippen LogP contribution < -0.4 is 4.31 Å².